The van der Waals surface area contributed by atoms with Gasteiger partial charge in [-0.2, -0.15) is 0 Å². The number of benzene rings is 2. The van der Waals surface area contributed by atoms with Crippen molar-refractivity contribution in [3.63, 3.8) is 0 Å². The number of nitrogens with zero attached hydrogens (tertiary/aromatic N) is 1. The molecule has 200 valence electrons. The van der Waals surface area contributed by atoms with Gasteiger partial charge in [0.2, 0.25) is 5.91 Å². The van der Waals surface area contributed by atoms with Gasteiger partial charge in [0, 0.05) is 18.7 Å². The lowest BCUT2D eigenvalue weighted by atomic mass is 9.67. The second kappa shape index (κ2) is 13.5. The number of carboxylic acid groups (broad SMARTS) is 3. The van der Waals surface area contributed by atoms with Gasteiger partial charge < -0.3 is 26.0 Å². The lowest BCUT2D eigenvalue weighted by molar-refractivity contribution is -0.143. The summed E-state index contributed by atoms with van der Waals surface area (Å²) >= 11 is 0. The van der Waals surface area contributed by atoms with Gasteiger partial charge in [-0.05, 0) is 54.0 Å². The van der Waals surface area contributed by atoms with Crippen LogP contribution in [-0.4, -0.2) is 63.7 Å². The van der Waals surface area contributed by atoms with Gasteiger partial charge in [-0.3, -0.25) is 19.2 Å². The third kappa shape index (κ3) is 9.02. The number of carbonyl (C=O) groups excluding carboxylic acids is 1. The highest BCUT2D eigenvalue weighted by Gasteiger charge is 2.39. The molecule has 2 aromatic rings. The molecule has 0 bridgehead atoms. The molecule has 2 aromatic carbocycles. The highest BCUT2D eigenvalue weighted by Crippen LogP contribution is 2.39. The van der Waals surface area contributed by atoms with Gasteiger partial charge in [0.15, 0.2) is 0 Å². The van der Waals surface area contributed by atoms with E-state index in [2.05, 4.69) is 24.8 Å². The first-order chi connectivity index (χ1) is 17.4. The average Bonchev–Trinajstić information content (AvgIpc) is 2.85. The quantitative estimate of drug-likeness (QED) is 0.378. The van der Waals surface area contributed by atoms with Crippen molar-refractivity contribution in [2.24, 2.45) is 17.6 Å². The van der Waals surface area contributed by atoms with Crippen LogP contribution in [0.1, 0.15) is 54.6 Å². The van der Waals surface area contributed by atoms with Gasteiger partial charge in [-0.1, -0.05) is 56.3 Å². The molecule has 0 aromatic heterocycles. The molecule has 5 N–H and O–H groups in total. The molecule has 1 amide bonds. The van der Waals surface area contributed by atoms with E-state index in [4.69, 9.17) is 15.9 Å². The maximum Gasteiger partial charge on any atom is 0.308 e. The van der Waals surface area contributed by atoms with Gasteiger partial charge in [0.25, 0.3) is 0 Å². The number of nitrogens with two attached hydrogens (primary N) is 1. The number of likely N-dealkylation sites (tertiary alicyclic amines) is 1. The predicted octanol–water partition coefficient (Wildman–Crippen LogP) is 3.26. The minimum Gasteiger partial charge on any atom is -0.481 e. The van der Waals surface area contributed by atoms with Crippen molar-refractivity contribution >= 4 is 23.8 Å². The van der Waals surface area contributed by atoms with E-state index in [9.17, 15) is 24.3 Å². The lowest BCUT2D eigenvalue weighted by Crippen LogP contribution is -2.49. The summed E-state index contributed by atoms with van der Waals surface area (Å²) in [5.41, 5.74) is 8.10. The van der Waals surface area contributed by atoms with Crippen LogP contribution >= 0.6 is 0 Å². The zero-order chi connectivity index (χ0) is 27.6. The highest BCUT2D eigenvalue weighted by atomic mass is 16.4. The van der Waals surface area contributed by atoms with Gasteiger partial charge in [0.05, 0.1) is 18.8 Å². The molecular weight excluding hydrogens is 476 g/mol. The van der Waals surface area contributed by atoms with Crippen molar-refractivity contribution in [3.8, 4) is 0 Å². The van der Waals surface area contributed by atoms with Gasteiger partial charge in [-0.25, -0.2) is 0 Å². The fourth-order valence-corrected chi connectivity index (χ4v) is 4.59. The van der Waals surface area contributed by atoms with Crippen LogP contribution in [0.5, 0.6) is 0 Å². The molecule has 0 unspecified atom stereocenters. The van der Waals surface area contributed by atoms with Crippen molar-refractivity contribution in [1.29, 1.82) is 0 Å². The molecule has 1 fully saturated rings. The molecule has 1 aliphatic heterocycles. The second-order valence-electron chi connectivity index (χ2n) is 9.79. The Morgan fingerprint density at radius 1 is 1.00 bits per heavy atom. The van der Waals surface area contributed by atoms with E-state index >= 15 is 0 Å². The third-order valence-corrected chi connectivity index (χ3v) is 7.08. The van der Waals surface area contributed by atoms with Crippen LogP contribution in [0.4, 0.5) is 0 Å². The first kappa shape index (κ1) is 29.5. The van der Waals surface area contributed by atoms with E-state index in [1.54, 1.807) is 6.07 Å². The Balaban J connectivity index is 0.000000521. The highest BCUT2D eigenvalue weighted by molar-refractivity contribution is 5.93. The molecule has 3 rings (SSSR count). The molecule has 9 heteroatoms. The Morgan fingerprint density at radius 2 is 1.62 bits per heavy atom. The summed E-state index contributed by atoms with van der Waals surface area (Å²) in [4.78, 5) is 45.0. The molecule has 0 aliphatic carbocycles. The van der Waals surface area contributed by atoms with E-state index in [0.29, 0.717) is 24.4 Å². The van der Waals surface area contributed by atoms with Gasteiger partial charge >= 0.3 is 17.9 Å². The lowest BCUT2D eigenvalue weighted by Gasteiger charge is -2.45. The van der Waals surface area contributed by atoms with Crippen LogP contribution in [-0.2, 0) is 26.2 Å². The maximum absolute atomic E-state index is 11.8. The Hall–Kier alpha value is -3.72. The Morgan fingerprint density at radius 3 is 2.14 bits per heavy atom. The van der Waals surface area contributed by atoms with E-state index < -0.39 is 29.7 Å². The van der Waals surface area contributed by atoms with Crippen LogP contribution in [0.2, 0.25) is 0 Å². The fourth-order valence-electron chi connectivity index (χ4n) is 4.59. The summed E-state index contributed by atoms with van der Waals surface area (Å²) in [7, 11) is 0. The van der Waals surface area contributed by atoms with Crippen molar-refractivity contribution in [2.45, 2.75) is 44.9 Å². The molecule has 0 radical (unpaired) electrons. The molecule has 1 aliphatic rings. The summed E-state index contributed by atoms with van der Waals surface area (Å²) in [5, 5.41) is 25.5. The normalized spacial score (nSPS) is 20.2. The molecular formula is C28H36N2O7. The number of primary amides is 1. The Bertz CT molecular complexity index is 1070. The summed E-state index contributed by atoms with van der Waals surface area (Å²) in [6.07, 6.45) is 0.859. The number of amides is 1. The number of carboxylic acids is 3. The summed E-state index contributed by atoms with van der Waals surface area (Å²) in [6.45, 7) is 6.64. The molecule has 1 saturated heterocycles. The minimum absolute atomic E-state index is 0.0693. The molecule has 3 atom stereocenters. The average molecular weight is 513 g/mol. The smallest absolute Gasteiger partial charge is 0.308 e. The molecule has 1 heterocycles. The summed E-state index contributed by atoms with van der Waals surface area (Å²) < 4.78 is 0. The number of hydrogen-bond acceptors (Lipinski definition) is 5. The molecule has 0 spiro atoms. The maximum atomic E-state index is 11.8. The first-order valence-corrected chi connectivity index (χ1v) is 12.3. The topological polar surface area (TPSA) is 158 Å². The van der Waals surface area contributed by atoms with Crippen LogP contribution < -0.4 is 5.73 Å². The zero-order valence-corrected chi connectivity index (χ0v) is 21.3. The Labute approximate surface area is 216 Å². The SMILES string of the molecule is C[C@H]1CN(C[C@H](Cc2ccccc2)C(=O)O)CC[C@@]1(C)c1cccc(C(N)=O)c1.O=C(O)CCC(=O)O. The van der Waals surface area contributed by atoms with Crippen molar-refractivity contribution in [3.05, 3.63) is 71.3 Å². The first-order valence-electron chi connectivity index (χ1n) is 12.3. The zero-order valence-electron chi connectivity index (χ0n) is 21.3. The molecule has 9 nitrogen and oxygen atoms in total. The van der Waals surface area contributed by atoms with Crippen molar-refractivity contribution in [2.75, 3.05) is 19.6 Å². The van der Waals surface area contributed by atoms with Crippen LogP contribution in [0, 0.1) is 11.8 Å². The van der Waals surface area contributed by atoms with Crippen LogP contribution in [0.3, 0.4) is 0 Å². The van der Waals surface area contributed by atoms with Crippen molar-refractivity contribution in [1.82, 2.24) is 4.90 Å². The molecule has 0 saturated carbocycles. The molecule has 37 heavy (non-hydrogen) atoms. The minimum atomic E-state index is -1.08. The number of hydrogen-bond donors (Lipinski definition) is 4. The van der Waals surface area contributed by atoms with Crippen molar-refractivity contribution < 1.29 is 34.5 Å². The number of rotatable bonds is 10. The second-order valence-corrected chi connectivity index (χ2v) is 9.79. The largest absolute Gasteiger partial charge is 0.481 e. The van der Waals surface area contributed by atoms with E-state index in [1.165, 1.54) is 0 Å². The number of carbonyl (C=O) groups is 4. The van der Waals surface area contributed by atoms with E-state index in [1.807, 2.05) is 42.5 Å². The van der Waals surface area contributed by atoms with E-state index in [0.717, 1.165) is 30.6 Å². The number of aliphatic carboxylic acids is 3. The van der Waals surface area contributed by atoms with Gasteiger partial charge in [0.1, 0.15) is 0 Å². The third-order valence-electron chi connectivity index (χ3n) is 7.08. The van der Waals surface area contributed by atoms with Crippen LogP contribution in [0.25, 0.3) is 0 Å². The van der Waals surface area contributed by atoms with Crippen LogP contribution in [0.15, 0.2) is 54.6 Å². The monoisotopic (exact) mass is 512 g/mol. The summed E-state index contributed by atoms with van der Waals surface area (Å²) in [5.74, 6) is -3.41. The van der Waals surface area contributed by atoms with E-state index in [-0.39, 0.29) is 18.3 Å². The standard InChI is InChI=1S/C24H30N2O3.C4H6O4/c1-17-15-26(16-20(23(28)29)13-18-7-4-3-5-8-18)12-11-24(17,2)21-10-6-9-19(14-21)22(25)27;5-3(6)1-2-4(7)8/h3-10,14,17,20H,11-13,15-16H2,1-2H3,(H2,25,27)(H,28,29);1-2H2,(H,5,6)(H,7,8)/t17-,20-,24+;/m0./s1. The van der Waals surface area contributed by atoms with Gasteiger partial charge in [-0.15, -0.1) is 0 Å². The Kier molecular flexibility index (Phi) is 10.8. The fraction of sp³-hybridized carbons (Fsp3) is 0.429. The summed E-state index contributed by atoms with van der Waals surface area (Å²) in [6, 6.07) is 17.4. The predicted molar refractivity (Wildman–Crippen MR) is 138 cm³/mol. The number of piperidine rings is 1.